The lowest BCUT2D eigenvalue weighted by Crippen LogP contribution is -1.98. The Labute approximate surface area is 139 Å². The van der Waals surface area contributed by atoms with Gasteiger partial charge in [-0.3, -0.25) is 4.79 Å². The molecule has 116 valence electrons. The number of aromatic nitrogens is 1. The summed E-state index contributed by atoms with van der Waals surface area (Å²) < 4.78 is 5.95. The van der Waals surface area contributed by atoms with E-state index >= 15 is 0 Å². The molecule has 0 radical (unpaired) electrons. The topological polar surface area (TPSA) is 39.2 Å². The van der Waals surface area contributed by atoms with Gasteiger partial charge in [0.2, 0.25) is 0 Å². The Morgan fingerprint density at radius 1 is 1.13 bits per heavy atom. The van der Waals surface area contributed by atoms with Gasteiger partial charge in [0.05, 0.1) is 5.69 Å². The van der Waals surface area contributed by atoms with Crippen molar-refractivity contribution in [2.24, 2.45) is 0 Å². The second kappa shape index (κ2) is 6.75. The fourth-order valence-electron chi connectivity index (χ4n) is 2.42. The minimum absolute atomic E-state index is 0.501. The van der Waals surface area contributed by atoms with Crippen molar-refractivity contribution in [3.05, 3.63) is 69.5 Å². The highest BCUT2D eigenvalue weighted by atomic mass is 32.1. The van der Waals surface area contributed by atoms with Crippen LogP contribution < -0.4 is 4.74 Å². The quantitative estimate of drug-likeness (QED) is 0.632. The number of aryl methyl sites for hydroxylation is 2. The molecule has 0 amide bonds. The summed E-state index contributed by atoms with van der Waals surface area (Å²) in [4.78, 5) is 15.1. The Balaban J connectivity index is 1.83. The molecule has 1 aromatic heterocycles. The number of benzene rings is 2. The Morgan fingerprint density at radius 2 is 1.91 bits per heavy atom. The number of thiazole rings is 1. The summed E-state index contributed by atoms with van der Waals surface area (Å²) in [5.74, 6) is 0.876. The van der Waals surface area contributed by atoms with E-state index in [4.69, 9.17) is 4.74 Å². The van der Waals surface area contributed by atoms with Crippen molar-refractivity contribution in [2.75, 3.05) is 0 Å². The van der Waals surface area contributed by atoms with Crippen LogP contribution in [0, 0.1) is 13.8 Å². The number of rotatable bonds is 5. The average Bonchev–Trinajstić information content (AvgIpc) is 3.05. The molecule has 0 N–H and O–H groups in total. The van der Waals surface area contributed by atoms with Crippen LogP contribution in [0.3, 0.4) is 0 Å². The summed E-state index contributed by atoms with van der Waals surface area (Å²) in [5, 5.41) is 2.41. The molecule has 0 unspecified atom stereocenters. The van der Waals surface area contributed by atoms with E-state index in [2.05, 4.69) is 11.1 Å². The molecule has 0 saturated carbocycles. The van der Waals surface area contributed by atoms with E-state index in [0.717, 1.165) is 40.0 Å². The Kier molecular flexibility index (Phi) is 4.53. The Hall–Kier alpha value is -2.46. The van der Waals surface area contributed by atoms with Crippen LogP contribution in [0.1, 0.15) is 26.5 Å². The minimum Gasteiger partial charge on any atom is -0.489 e. The van der Waals surface area contributed by atoms with Gasteiger partial charge in [0.15, 0.2) is 11.3 Å². The van der Waals surface area contributed by atoms with Gasteiger partial charge in [0.1, 0.15) is 12.4 Å². The molecule has 0 spiro atoms. The fourth-order valence-corrected chi connectivity index (χ4v) is 3.04. The molecule has 0 aliphatic rings. The molecule has 3 nitrogen and oxygen atoms in total. The lowest BCUT2D eigenvalue weighted by atomic mass is 10.0. The first-order valence-electron chi connectivity index (χ1n) is 7.36. The van der Waals surface area contributed by atoms with Crippen LogP contribution in [0.25, 0.3) is 11.3 Å². The van der Waals surface area contributed by atoms with Crippen LogP contribution in [0.15, 0.2) is 47.8 Å². The summed E-state index contributed by atoms with van der Waals surface area (Å²) in [5.41, 5.74) is 5.17. The van der Waals surface area contributed by atoms with Crippen LogP contribution in [0.5, 0.6) is 5.75 Å². The molecule has 0 fully saturated rings. The molecule has 23 heavy (non-hydrogen) atoms. The summed E-state index contributed by atoms with van der Waals surface area (Å²) in [6, 6.07) is 14.2. The van der Waals surface area contributed by atoms with Gasteiger partial charge in [-0.25, -0.2) is 4.98 Å². The lowest BCUT2D eigenvalue weighted by Gasteiger charge is -2.12. The maximum atomic E-state index is 10.8. The van der Waals surface area contributed by atoms with Gasteiger partial charge in [0, 0.05) is 10.9 Å². The maximum absolute atomic E-state index is 10.8. The van der Waals surface area contributed by atoms with E-state index in [9.17, 15) is 4.79 Å². The highest BCUT2D eigenvalue weighted by molar-refractivity contribution is 7.11. The lowest BCUT2D eigenvalue weighted by molar-refractivity contribution is 0.112. The molecule has 4 heteroatoms. The van der Waals surface area contributed by atoms with Gasteiger partial charge in [-0.2, -0.15) is 0 Å². The number of carbonyl (C=O) groups excluding carboxylic acids is 1. The third-order valence-electron chi connectivity index (χ3n) is 3.66. The van der Waals surface area contributed by atoms with Crippen LogP contribution in [0.4, 0.5) is 0 Å². The number of ether oxygens (including phenoxy) is 1. The van der Waals surface area contributed by atoms with Crippen molar-refractivity contribution < 1.29 is 9.53 Å². The maximum Gasteiger partial charge on any atom is 0.178 e. The van der Waals surface area contributed by atoms with Crippen LogP contribution in [-0.4, -0.2) is 11.3 Å². The van der Waals surface area contributed by atoms with E-state index in [1.54, 1.807) is 0 Å². The predicted molar refractivity (Wildman–Crippen MR) is 93.2 cm³/mol. The van der Waals surface area contributed by atoms with E-state index in [1.165, 1.54) is 11.3 Å². The predicted octanol–water partition coefficient (Wildman–Crippen LogP) is 4.82. The van der Waals surface area contributed by atoms with E-state index in [-0.39, 0.29) is 0 Å². The molecule has 0 aliphatic carbocycles. The number of nitrogens with zero attached hydrogens (tertiary/aromatic N) is 1. The van der Waals surface area contributed by atoms with Gasteiger partial charge in [0.25, 0.3) is 0 Å². The van der Waals surface area contributed by atoms with Gasteiger partial charge in [-0.05, 0) is 42.7 Å². The SMILES string of the molecule is Cc1cc(-c2csc(C=O)n2)c(C)cc1OCc1ccccc1. The summed E-state index contributed by atoms with van der Waals surface area (Å²) in [7, 11) is 0. The van der Waals surface area contributed by atoms with Gasteiger partial charge < -0.3 is 4.74 Å². The summed E-state index contributed by atoms with van der Waals surface area (Å²) in [6.07, 6.45) is 0.785. The largest absolute Gasteiger partial charge is 0.489 e. The molecular weight excluding hydrogens is 306 g/mol. The minimum atomic E-state index is 0.501. The van der Waals surface area contributed by atoms with E-state index < -0.39 is 0 Å². The zero-order valence-electron chi connectivity index (χ0n) is 13.1. The monoisotopic (exact) mass is 323 g/mol. The molecule has 0 saturated heterocycles. The van der Waals surface area contributed by atoms with Crippen molar-refractivity contribution in [1.82, 2.24) is 4.98 Å². The van der Waals surface area contributed by atoms with Crippen molar-refractivity contribution in [3.63, 3.8) is 0 Å². The van der Waals surface area contributed by atoms with Gasteiger partial charge in [-0.15, -0.1) is 11.3 Å². The number of carbonyl (C=O) groups is 1. The first-order chi connectivity index (χ1) is 11.2. The summed E-state index contributed by atoms with van der Waals surface area (Å²) >= 11 is 1.36. The molecule has 0 atom stereocenters. The van der Waals surface area contributed by atoms with Gasteiger partial charge >= 0.3 is 0 Å². The van der Waals surface area contributed by atoms with Crippen molar-refractivity contribution >= 4 is 17.6 Å². The highest BCUT2D eigenvalue weighted by Gasteiger charge is 2.11. The molecule has 0 bridgehead atoms. The Bertz CT molecular complexity index is 825. The standard InChI is InChI=1S/C19H17NO2S/c1-13-9-18(22-11-15-6-4-3-5-7-15)14(2)8-16(13)17-12-23-19(10-21)20-17/h3-10,12H,11H2,1-2H3. The number of aldehydes is 1. The fraction of sp³-hybridized carbons (Fsp3) is 0.158. The normalized spacial score (nSPS) is 10.5. The molecule has 2 aromatic carbocycles. The average molecular weight is 323 g/mol. The zero-order valence-corrected chi connectivity index (χ0v) is 13.9. The zero-order chi connectivity index (χ0) is 16.2. The van der Waals surface area contributed by atoms with Crippen LogP contribution in [-0.2, 0) is 6.61 Å². The molecule has 3 rings (SSSR count). The van der Waals surface area contributed by atoms with Crippen molar-refractivity contribution in [3.8, 4) is 17.0 Å². The Morgan fingerprint density at radius 3 is 2.61 bits per heavy atom. The molecule has 1 heterocycles. The first-order valence-corrected chi connectivity index (χ1v) is 8.24. The summed E-state index contributed by atoms with van der Waals surface area (Å²) in [6.45, 7) is 4.60. The number of hydrogen-bond acceptors (Lipinski definition) is 4. The highest BCUT2D eigenvalue weighted by Crippen LogP contribution is 2.31. The van der Waals surface area contributed by atoms with Crippen molar-refractivity contribution in [2.45, 2.75) is 20.5 Å². The third kappa shape index (κ3) is 3.48. The molecular formula is C19H17NO2S. The first kappa shape index (κ1) is 15.4. The third-order valence-corrected chi connectivity index (χ3v) is 4.43. The van der Waals surface area contributed by atoms with Crippen LogP contribution >= 0.6 is 11.3 Å². The van der Waals surface area contributed by atoms with E-state index in [1.807, 2.05) is 55.6 Å². The van der Waals surface area contributed by atoms with Gasteiger partial charge in [-0.1, -0.05) is 30.3 Å². The van der Waals surface area contributed by atoms with Crippen molar-refractivity contribution in [1.29, 1.82) is 0 Å². The second-order valence-corrected chi connectivity index (χ2v) is 6.29. The second-order valence-electron chi connectivity index (χ2n) is 5.40. The smallest absolute Gasteiger partial charge is 0.178 e. The molecule has 3 aromatic rings. The molecule has 0 aliphatic heterocycles. The number of hydrogen-bond donors (Lipinski definition) is 0. The van der Waals surface area contributed by atoms with E-state index in [0.29, 0.717) is 11.6 Å². The van der Waals surface area contributed by atoms with Crippen LogP contribution in [0.2, 0.25) is 0 Å².